The quantitative estimate of drug-likeness (QED) is 0.746. The SMILES string of the molecule is O=C(O)c1ccccc1-n1cnc2ccccc21. The minimum atomic E-state index is -0.941. The number of benzene rings is 2. The number of hydrogen-bond acceptors (Lipinski definition) is 2. The van der Waals surface area contributed by atoms with E-state index in [1.165, 1.54) is 0 Å². The summed E-state index contributed by atoms with van der Waals surface area (Å²) in [7, 11) is 0. The first-order valence-electron chi connectivity index (χ1n) is 5.52. The van der Waals surface area contributed by atoms with Crippen LogP contribution in [0.15, 0.2) is 54.9 Å². The summed E-state index contributed by atoms with van der Waals surface area (Å²) < 4.78 is 1.79. The lowest BCUT2D eigenvalue weighted by Crippen LogP contribution is -2.04. The normalized spacial score (nSPS) is 10.7. The van der Waals surface area contributed by atoms with Crippen molar-refractivity contribution in [3.05, 3.63) is 60.4 Å². The molecule has 1 N–H and O–H groups in total. The van der Waals surface area contributed by atoms with Crippen LogP contribution in [0.5, 0.6) is 0 Å². The molecule has 0 radical (unpaired) electrons. The van der Waals surface area contributed by atoms with E-state index in [1.807, 2.05) is 30.3 Å². The van der Waals surface area contributed by atoms with Crippen molar-refractivity contribution >= 4 is 17.0 Å². The molecule has 1 aromatic heterocycles. The Morgan fingerprint density at radius 2 is 1.78 bits per heavy atom. The number of carboxylic acid groups (broad SMARTS) is 1. The van der Waals surface area contributed by atoms with E-state index in [2.05, 4.69) is 4.98 Å². The molecule has 0 aliphatic rings. The Hall–Kier alpha value is -2.62. The van der Waals surface area contributed by atoms with E-state index in [9.17, 15) is 9.90 Å². The number of aromatic nitrogens is 2. The van der Waals surface area contributed by atoms with Crippen molar-refractivity contribution in [2.24, 2.45) is 0 Å². The summed E-state index contributed by atoms with van der Waals surface area (Å²) in [4.78, 5) is 15.5. The molecule has 0 amide bonds. The van der Waals surface area contributed by atoms with Gasteiger partial charge in [0.15, 0.2) is 0 Å². The second-order valence-corrected chi connectivity index (χ2v) is 3.93. The second-order valence-electron chi connectivity index (χ2n) is 3.93. The molecular weight excluding hydrogens is 228 g/mol. The van der Waals surface area contributed by atoms with Crippen molar-refractivity contribution < 1.29 is 9.90 Å². The molecule has 0 bridgehead atoms. The smallest absolute Gasteiger partial charge is 0.337 e. The van der Waals surface area contributed by atoms with Gasteiger partial charge in [-0.1, -0.05) is 24.3 Å². The average molecular weight is 238 g/mol. The van der Waals surface area contributed by atoms with E-state index in [1.54, 1.807) is 29.1 Å². The van der Waals surface area contributed by atoms with Crippen LogP contribution in [-0.2, 0) is 0 Å². The Labute approximate surface area is 103 Å². The van der Waals surface area contributed by atoms with Crippen LogP contribution in [0.3, 0.4) is 0 Å². The number of rotatable bonds is 2. The van der Waals surface area contributed by atoms with Gasteiger partial charge in [0, 0.05) is 0 Å². The minimum Gasteiger partial charge on any atom is -0.478 e. The Kier molecular flexibility index (Phi) is 2.34. The van der Waals surface area contributed by atoms with Gasteiger partial charge in [-0.2, -0.15) is 0 Å². The number of para-hydroxylation sites is 3. The van der Waals surface area contributed by atoms with E-state index in [0.717, 1.165) is 11.0 Å². The summed E-state index contributed by atoms with van der Waals surface area (Å²) in [6, 6.07) is 14.5. The highest BCUT2D eigenvalue weighted by Gasteiger charge is 2.12. The lowest BCUT2D eigenvalue weighted by atomic mass is 10.1. The van der Waals surface area contributed by atoms with E-state index in [4.69, 9.17) is 0 Å². The summed E-state index contributed by atoms with van der Waals surface area (Å²) in [5.41, 5.74) is 2.63. The fraction of sp³-hybridized carbons (Fsp3) is 0. The Bertz CT molecular complexity index is 731. The predicted octanol–water partition coefficient (Wildman–Crippen LogP) is 2.72. The molecule has 3 rings (SSSR count). The van der Waals surface area contributed by atoms with Crippen LogP contribution >= 0.6 is 0 Å². The molecule has 0 spiro atoms. The van der Waals surface area contributed by atoms with Gasteiger partial charge in [0.25, 0.3) is 0 Å². The van der Waals surface area contributed by atoms with Crippen molar-refractivity contribution in [1.82, 2.24) is 9.55 Å². The zero-order valence-corrected chi connectivity index (χ0v) is 9.45. The molecule has 0 fully saturated rings. The number of carboxylic acids is 1. The number of aromatic carboxylic acids is 1. The maximum Gasteiger partial charge on any atom is 0.337 e. The number of imidazole rings is 1. The van der Waals surface area contributed by atoms with E-state index < -0.39 is 5.97 Å². The van der Waals surface area contributed by atoms with Crippen molar-refractivity contribution in [1.29, 1.82) is 0 Å². The molecule has 0 saturated carbocycles. The van der Waals surface area contributed by atoms with E-state index in [0.29, 0.717) is 5.69 Å². The number of hydrogen-bond donors (Lipinski definition) is 1. The third kappa shape index (κ3) is 1.55. The average Bonchev–Trinajstić information content (AvgIpc) is 2.82. The first-order valence-corrected chi connectivity index (χ1v) is 5.52. The zero-order chi connectivity index (χ0) is 12.5. The molecule has 0 aliphatic heterocycles. The van der Waals surface area contributed by atoms with Gasteiger partial charge < -0.3 is 5.11 Å². The van der Waals surface area contributed by atoms with Gasteiger partial charge >= 0.3 is 5.97 Å². The molecule has 0 unspecified atom stereocenters. The Morgan fingerprint density at radius 3 is 2.61 bits per heavy atom. The van der Waals surface area contributed by atoms with Crippen molar-refractivity contribution in [2.75, 3.05) is 0 Å². The highest BCUT2D eigenvalue weighted by atomic mass is 16.4. The second kappa shape index (κ2) is 4.00. The van der Waals surface area contributed by atoms with Crippen LogP contribution in [0.25, 0.3) is 16.7 Å². The molecule has 0 atom stereocenters. The highest BCUT2D eigenvalue weighted by molar-refractivity contribution is 5.93. The largest absolute Gasteiger partial charge is 0.478 e. The van der Waals surface area contributed by atoms with Gasteiger partial charge in [-0.05, 0) is 24.3 Å². The van der Waals surface area contributed by atoms with Crippen LogP contribution in [0.2, 0.25) is 0 Å². The van der Waals surface area contributed by atoms with Gasteiger partial charge in [-0.15, -0.1) is 0 Å². The summed E-state index contributed by atoms with van der Waals surface area (Å²) in [6.07, 6.45) is 1.65. The molecular formula is C14H10N2O2. The van der Waals surface area contributed by atoms with Gasteiger partial charge in [-0.25, -0.2) is 9.78 Å². The van der Waals surface area contributed by atoms with Gasteiger partial charge in [-0.3, -0.25) is 4.57 Å². The molecule has 3 aromatic rings. The lowest BCUT2D eigenvalue weighted by Gasteiger charge is -2.07. The maximum absolute atomic E-state index is 11.2. The molecule has 1 heterocycles. The van der Waals surface area contributed by atoms with Crippen LogP contribution < -0.4 is 0 Å². The molecule has 0 saturated heterocycles. The minimum absolute atomic E-state index is 0.264. The van der Waals surface area contributed by atoms with Crippen molar-refractivity contribution in [3.63, 3.8) is 0 Å². The van der Waals surface area contributed by atoms with E-state index >= 15 is 0 Å². The topological polar surface area (TPSA) is 55.1 Å². The highest BCUT2D eigenvalue weighted by Crippen LogP contribution is 2.20. The molecule has 0 aliphatic carbocycles. The number of fused-ring (bicyclic) bond motifs is 1. The summed E-state index contributed by atoms with van der Waals surface area (Å²) in [6.45, 7) is 0. The van der Waals surface area contributed by atoms with Gasteiger partial charge in [0.05, 0.1) is 22.3 Å². The van der Waals surface area contributed by atoms with E-state index in [-0.39, 0.29) is 5.56 Å². The van der Waals surface area contributed by atoms with Crippen LogP contribution in [0.1, 0.15) is 10.4 Å². The Balaban J connectivity index is 2.30. The zero-order valence-electron chi connectivity index (χ0n) is 9.45. The molecule has 4 heteroatoms. The molecule has 4 nitrogen and oxygen atoms in total. The standard InChI is InChI=1S/C14H10N2O2/c17-14(18)10-5-1-3-7-12(10)16-9-15-11-6-2-4-8-13(11)16/h1-9H,(H,17,18). The fourth-order valence-corrected chi connectivity index (χ4v) is 2.02. The Morgan fingerprint density at radius 1 is 1.06 bits per heavy atom. The summed E-state index contributed by atoms with van der Waals surface area (Å²) >= 11 is 0. The summed E-state index contributed by atoms with van der Waals surface area (Å²) in [5, 5.41) is 9.20. The molecule has 88 valence electrons. The third-order valence-corrected chi connectivity index (χ3v) is 2.85. The third-order valence-electron chi connectivity index (χ3n) is 2.85. The lowest BCUT2D eigenvalue weighted by molar-refractivity contribution is 0.0697. The van der Waals surface area contributed by atoms with Crippen LogP contribution in [0, 0.1) is 0 Å². The molecule has 2 aromatic carbocycles. The first kappa shape index (κ1) is 10.5. The van der Waals surface area contributed by atoms with Gasteiger partial charge in [0.1, 0.15) is 6.33 Å². The predicted molar refractivity (Wildman–Crippen MR) is 68.0 cm³/mol. The monoisotopic (exact) mass is 238 g/mol. The number of nitrogens with zero attached hydrogens (tertiary/aromatic N) is 2. The van der Waals surface area contributed by atoms with Crippen LogP contribution in [0.4, 0.5) is 0 Å². The fourth-order valence-electron chi connectivity index (χ4n) is 2.02. The molecule has 18 heavy (non-hydrogen) atoms. The maximum atomic E-state index is 11.2. The van der Waals surface area contributed by atoms with Crippen molar-refractivity contribution in [3.8, 4) is 5.69 Å². The van der Waals surface area contributed by atoms with Crippen LogP contribution in [-0.4, -0.2) is 20.6 Å². The van der Waals surface area contributed by atoms with Gasteiger partial charge in [0.2, 0.25) is 0 Å². The first-order chi connectivity index (χ1) is 8.77. The number of carbonyl (C=O) groups is 1. The summed E-state index contributed by atoms with van der Waals surface area (Å²) in [5.74, 6) is -0.941. The van der Waals surface area contributed by atoms with Crippen molar-refractivity contribution in [2.45, 2.75) is 0 Å².